The molecule has 1 amide bonds. The second-order valence-electron chi connectivity index (χ2n) is 6.78. The molecular weight excluding hydrogens is 348 g/mol. The van der Waals surface area contributed by atoms with Crippen LogP contribution in [0, 0.1) is 0 Å². The van der Waals surface area contributed by atoms with E-state index in [-0.39, 0.29) is 24.6 Å². The largest absolute Gasteiger partial charge is 0.378 e. The van der Waals surface area contributed by atoms with Crippen LogP contribution in [-0.4, -0.2) is 51.7 Å². The molecule has 9 nitrogen and oxygen atoms in total. The molecule has 0 unspecified atom stereocenters. The van der Waals surface area contributed by atoms with Crippen LogP contribution in [0.2, 0.25) is 0 Å². The van der Waals surface area contributed by atoms with Gasteiger partial charge in [0, 0.05) is 31.3 Å². The van der Waals surface area contributed by atoms with Crippen molar-refractivity contribution in [3.63, 3.8) is 0 Å². The standard InChI is InChI=1S/C18H22N6O3/c25-16(11-24-12-21-15(9-17(24)26)13-1-2-13)20-10-14-3-4-19-18(22-14)23-5-7-27-8-6-23/h3-4,9,12-13H,1-2,5-8,10-11H2,(H,20,25). The number of morpholine rings is 1. The van der Waals surface area contributed by atoms with Crippen LogP contribution in [0.5, 0.6) is 0 Å². The van der Waals surface area contributed by atoms with Crippen LogP contribution in [0.1, 0.15) is 30.1 Å². The van der Waals surface area contributed by atoms with Gasteiger partial charge in [-0.05, 0) is 18.9 Å². The number of ether oxygens (including phenoxy) is 1. The van der Waals surface area contributed by atoms with Crippen molar-refractivity contribution in [3.05, 3.63) is 46.4 Å². The number of amides is 1. The number of nitrogens with zero attached hydrogens (tertiary/aromatic N) is 5. The van der Waals surface area contributed by atoms with Gasteiger partial charge in [-0.1, -0.05) is 0 Å². The van der Waals surface area contributed by atoms with Gasteiger partial charge in [0.05, 0.1) is 37.5 Å². The minimum absolute atomic E-state index is 0.0574. The number of aromatic nitrogens is 4. The molecule has 0 radical (unpaired) electrons. The highest BCUT2D eigenvalue weighted by Crippen LogP contribution is 2.38. The predicted molar refractivity (Wildman–Crippen MR) is 97.4 cm³/mol. The van der Waals surface area contributed by atoms with E-state index < -0.39 is 0 Å². The number of hydrogen-bond donors (Lipinski definition) is 1. The minimum atomic E-state index is -0.260. The first-order valence-corrected chi connectivity index (χ1v) is 9.17. The molecule has 2 fully saturated rings. The molecule has 4 rings (SSSR count). The fraction of sp³-hybridized carbons (Fsp3) is 0.500. The smallest absolute Gasteiger partial charge is 0.254 e. The molecule has 2 aromatic heterocycles. The molecule has 0 aromatic carbocycles. The first kappa shape index (κ1) is 17.6. The van der Waals surface area contributed by atoms with Gasteiger partial charge in [0.15, 0.2) is 0 Å². The Morgan fingerprint density at radius 3 is 2.81 bits per heavy atom. The average molecular weight is 370 g/mol. The highest BCUT2D eigenvalue weighted by Gasteiger charge is 2.25. The molecular formula is C18H22N6O3. The molecule has 2 aliphatic rings. The summed E-state index contributed by atoms with van der Waals surface area (Å²) in [5.74, 6) is 0.797. The van der Waals surface area contributed by atoms with Gasteiger partial charge in [0.25, 0.3) is 5.56 Å². The van der Waals surface area contributed by atoms with Crippen LogP contribution in [0.25, 0.3) is 0 Å². The zero-order chi connectivity index (χ0) is 18.6. The van der Waals surface area contributed by atoms with E-state index in [4.69, 9.17) is 4.74 Å². The lowest BCUT2D eigenvalue weighted by molar-refractivity contribution is -0.121. The van der Waals surface area contributed by atoms with E-state index in [1.807, 2.05) is 0 Å². The van der Waals surface area contributed by atoms with Gasteiger partial charge in [-0.15, -0.1) is 0 Å². The van der Waals surface area contributed by atoms with E-state index in [2.05, 4.69) is 25.2 Å². The maximum Gasteiger partial charge on any atom is 0.254 e. The lowest BCUT2D eigenvalue weighted by atomic mass is 10.3. The molecule has 0 bridgehead atoms. The predicted octanol–water partition coefficient (Wildman–Crippen LogP) is 0.0637. The molecule has 9 heteroatoms. The van der Waals surface area contributed by atoms with Crippen molar-refractivity contribution >= 4 is 11.9 Å². The van der Waals surface area contributed by atoms with Gasteiger partial charge >= 0.3 is 0 Å². The van der Waals surface area contributed by atoms with Gasteiger partial charge in [-0.25, -0.2) is 15.0 Å². The van der Waals surface area contributed by atoms with E-state index in [1.54, 1.807) is 12.3 Å². The van der Waals surface area contributed by atoms with Gasteiger partial charge in [-0.3, -0.25) is 14.2 Å². The molecule has 1 aliphatic carbocycles. The second-order valence-corrected chi connectivity index (χ2v) is 6.78. The zero-order valence-electron chi connectivity index (χ0n) is 15.0. The molecule has 1 saturated carbocycles. The monoisotopic (exact) mass is 370 g/mol. The molecule has 2 aromatic rings. The number of carbonyl (C=O) groups is 1. The molecule has 142 valence electrons. The normalized spacial score (nSPS) is 17.0. The molecule has 1 aliphatic heterocycles. The summed E-state index contributed by atoms with van der Waals surface area (Å²) in [7, 11) is 0. The van der Waals surface area contributed by atoms with E-state index >= 15 is 0 Å². The van der Waals surface area contributed by atoms with Crippen LogP contribution >= 0.6 is 0 Å². The van der Waals surface area contributed by atoms with Crippen molar-refractivity contribution in [2.75, 3.05) is 31.2 Å². The highest BCUT2D eigenvalue weighted by atomic mass is 16.5. The maximum atomic E-state index is 12.2. The Morgan fingerprint density at radius 2 is 2.07 bits per heavy atom. The fourth-order valence-corrected chi connectivity index (χ4v) is 2.96. The van der Waals surface area contributed by atoms with Crippen LogP contribution in [0.15, 0.2) is 29.5 Å². The van der Waals surface area contributed by atoms with Gasteiger partial charge < -0.3 is 15.0 Å². The van der Waals surface area contributed by atoms with Crippen molar-refractivity contribution in [1.82, 2.24) is 24.8 Å². The zero-order valence-corrected chi connectivity index (χ0v) is 15.0. The van der Waals surface area contributed by atoms with Gasteiger partial charge in [0.2, 0.25) is 11.9 Å². The average Bonchev–Trinajstić information content (AvgIpc) is 3.54. The Labute approximate surface area is 156 Å². The van der Waals surface area contributed by atoms with Crippen molar-refractivity contribution in [3.8, 4) is 0 Å². The lowest BCUT2D eigenvalue weighted by Gasteiger charge is -2.26. The van der Waals surface area contributed by atoms with Crippen molar-refractivity contribution in [2.24, 2.45) is 0 Å². The Balaban J connectivity index is 1.33. The molecule has 27 heavy (non-hydrogen) atoms. The van der Waals surface area contributed by atoms with E-state index in [1.165, 1.54) is 17.0 Å². The third-order valence-electron chi connectivity index (χ3n) is 4.67. The number of carbonyl (C=O) groups excluding carboxylic acids is 1. The summed E-state index contributed by atoms with van der Waals surface area (Å²) < 4.78 is 6.65. The fourth-order valence-electron chi connectivity index (χ4n) is 2.96. The summed E-state index contributed by atoms with van der Waals surface area (Å²) in [4.78, 5) is 39.4. The summed E-state index contributed by atoms with van der Waals surface area (Å²) >= 11 is 0. The summed E-state index contributed by atoms with van der Waals surface area (Å²) in [6.45, 7) is 3.05. The second kappa shape index (κ2) is 7.83. The highest BCUT2D eigenvalue weighted by molar-refractivity contribution is 5.75. The van der Waals surface area contributed by atoms with Crippen LogP contribution < -0.4 is 15.8 Å². The SMILES string of the molecule is O=C(Cn1cnc(C2CC2)cc1=O)NCc1ccnc(N2CCOCC2)n1. The topological polar surface area (TPSA) is 102 Å². The molecule has 1 N–H and O–H groups in total. The first-order valence-electron chi connectivity index (χ1n) is 9.17. The maximum absolute atomic E-state index is 12.2. The molecule has 1 saturated heterocycles. The summed E-state index contributed by atoms with van der Waals surface area (Å²) in [6.07, 6.45) is 5.31. The summed E-state index contributed by atoms with van der Waals surface area (Å²) in [5.41, 5.74) is 1.35. The first-order chi connectivity index (χ1) is 13.2. The summed E-state index contributed by atoms with van der Waals surface area (Å²) in [6, 6.07) is 3.30. The van der Waals surface area contributed by atoms with E-state index in [0.717, 1.165) is 37.3 Å². The minimum Gasteiger partial charge on any atom is -0.378 e. The van der Waals surface area contributed by atoms with E-state index in [0.29, 0.717) is 25.1 Å². The quantitative estimate of drug-likeness (QED) is 0.767. The third-order valence-corrected chi connectivity index (χ3v) is 4.67. The Bertz CT molecular complexity index is 873. The van der Waals surface area contributed by atoms with E-state index in [9.17, 15) is 9.59 Å². The van der Waals surface area contributed by atoms with Crippen molar-refractivity contribution < 1.29 is 9.53 Å². The number of hydrogen-bond acceptors (Lipinski definition) is 7. The Morgan fingerprint density at radius 1 is 1.26 bits per heavy atom. The van der Waals surface area contributed by atoms with Gasteiger partial charge in [0.1, 0.15) is 6.54 Å². The van der Waals surface area contributed by atoms with Crippen molar-refractivity contribution in [1.29, 1.82) is 0 Å². The number of rotatable bonds is 6. The third kappa shape index (κ3) is 4.48. The van der Waals surface area contributed by atoms with Crippen LogP contribution in [0.4, 0.5) is 5.95 Å². The molecule has 0 atom stereocenters. The number of anilines is 1. The molecule has 0 spiro atoms. The summed E-state index contributed by atoms with van der Waals surface area (Å²) in [5, 5.41) is 2.79. The Hall–Kier alpha value is -2.81. The molecule has 3 heterocycles. The van der Waals surface area contributed by atoms with Crippen LogP contribution in [-0.2, 0) is 22.6 Å². The van der Waals surface area contributed by atoms with Crippen LogP contribution in [0.3, 0.4) is 0 Å². The van der Waals surface area contributed by atoms with Crippen molar-refractivity contribution in [2.45, 2.75) is 31.8 Å². The Kier molecular flexibility index (Phi) is 5.10. The lowest BCUT2D eigenvalue weighted by Crippen LogP contribution is -2.37. The van der Waals surface area contributed by atoms with Gasteiger partial charge in [-0.2, -0.15) is 0 Å². The number of nitrogens with one attached hydrogen (secondary N) is 1.